The number of urea groups is 1. The number of nitrogens with zero attached hydrogens (tertiary/aromatic N) is 1. The van der Waals surface area contributed by atoms with Crippen LogP contribution in [0.2, 0.25) is 0 Å². The molecule has 2 aromatic carbocycles. The molecular weight excluding hydrogens is 503 g/mol. The molecule has 0 aliphatic carbocycles. The maximum atomic E-state index is 12.7. The van der Waals surface area contributed by atoms with E-state index >= 15 is 0 Å². The molecule has 2 aromatic rings. The predicted octanol–water partition coefficient (Wildman–Crippen LogP) is 3.48. The average Bonchev–Trinajstić information content (AvgIpc) is 2.73. The first-order valence-corrected chi connectivity index (χ1v) is 10.2. The van der Waals surface area contributed by atoms with E-state index in [2.05, 4.69) is 38.5 Å². The molecule has 9 nitrogen and oxygen atoms in total. The third-order valence-electron chi connectivity index (χ3n) is 4.38. The van der Waals surface area contributed by atoms with Crippen molar-refractivity contribution >= 4 is 46.0 Å². The van der Waals surface area contributed by atoms with Crippen LogP contribution in [0.3, 0.4) is 0 Å². The van der Waals surface area contributed by atoms with Crippen LogP contribution in [0.25, 0.3) is 0 Å². The number of benzene rings is 2. The molecule has 0 aromatic heterocycles. The molecule has 1 atom stereocenters. The lowest BCUT2D eigenvalue weighted by Gasteiger charge is -2.29. The van der Waals surface area contributed by atoms with Gasteiger partial charge in [0.2, 0.25) is 0 Å². The summed E-state index contributed by atoms with van der Waals surface area (Å²) in [4.78, 5) is 35.7. The van der Waals surface area contributed by atoms with Crippen molar-refractivity contribution in [2.75, 3.05) is 18.5 Å². The van der Waals surface area contributed by atoms with Crippen molar-refractivity contribution in [3.63, 3.8) is 0 Å². The summed E-state index contributed by atoms with van der Waals surface area (Å²) in [6.07, 6.45) is 0. The molecule has 1 aliphatic rings. The molecule has 0 saturated carbocycles. The Bertz CT molecular complexity index is 1010. The first-order valence-electron chi connectivity index (χ1n) is 9.10. The van der Waals surface area contributed by atoms with Crippen LogP contribution < -0.4 is 16.0 Å². The number of nitro benzene ring substituents is 1. The van der Waals surface area contributed by atoms with E-state index in [9.17, 15) is 19.7 Å². The van der Waals surface area contributed by atoms with E-state index in [1.165, 1.54) is 18.2 Å². The highest BCUT2D eigenvalue weighted by atomic mass is 127. The molecule has 0 radical (unpaired) electrons. The summed E-state index contributed by atoms with van der Waals surface area (Å²) >= 11 is 2.20. The summed E-state index contributed by atoms with van der Waals surface area (Å²) in [5.74, 6) is -0.610. The number of amides is 2. The first kappa shape index (κ1) is 21.6. The summed E-state index contributed by atoms with van der Waals surface area (Å²) in [6, 6.07) is 12.0. The van der Waals surface area contributed by atoms with Gasteiger partial charge in [-0.1, -0.05) is 12.1 Å². The molecule has 0 unspecified atom stereocenters. The van der Waals surface area contributed by atoms with Gasteiger partial charge in [-0.3, -0.25) is 10.1 Å². The standard InChI is InChI=1S/C20H19IN4O5/c1-2-30-19(26)17-16(11-22-14-8-6-13(21)7-9-14)23-20(27)24-18(17)12-4-3-5-15(10-12)25(28)29/h3-10,18,22H,2,11H2,1H3,(H2,23,24,27)/t18-/m0/s1. The van der Waals surface area contributed by atoms with Crippen LogP contribution in [0.5, 0.6) is 0 Å². The van der Waals surface area contributed by atoms with E-state index in [-0.39, 0.29) is 24.4 Å². The first-order chi connectivity index (χ1) is 14.4. The Morgan fingerprint density at radius 1 is 1.27 bits per heavy atom. The monoisotopic (exact) mass is 522 g/mol. The van der Waals surface area contributed by atoms with E-state index in [0.29, 0.717) is 11.3 Å². The van der Waals surface area contributed by atoms with E-state index in [4.69, 9.17) is 4.74 Å². The van der Waals surface area contributed by atoms with Gasteiger partial charge in [-0.05, 0) is 59.3 Å². The minimum Gasteiger partial charge on any atom is -0.463 e. The summed E-state index contributed by atoms with van der Waals surface area (Å²) in [7, 11) is 0. The van der Waals surface area contributed by atoms with Crippen molar-refractivity contribution in [1.29, 1.82) is 0 Å². The van der Waals surface area contributed by atoms with Crippen molar-refractivity contribution < 1.29 is 19.2 Å². The summed E-state index contributed by atoms with van der Waals surface area (Å²) in [5.41, 5.74) is 1.61. The molecule has 156 valence electrons. The van der Waals surface area contributed by atoms with Gasteiger partial charge in [0.05, 0.1) is 35.4 Å². The van der Waals surface area contributed by atoms with Crippen molar-refractivity contribution in [3.8, 4) is 0 Å². The van der Waals surface area contributed by atoms with Crippen LogP contribution in [0, 0.1) is 13.7 Å². The molecule has 0 spiro atoms. The number of hydrogen-bond acceptors (Lipinski definition) is 6. The van der Waals surface area contributed by atoms with Crippen LogP contribution in [0.1, 0.15) is 18.5 Å². The Morgan fingerprint density at radius 3 is 2.67 bits per heavy atom. The third kappa shape index (κ3) is 5.06. The lowest BCUT2D eigenvalue weighted by Crippen LogP contribution is -2.47. The number of carbonyl (C=O) groups is 2. The largest absolute Gasteiger partial charge is 0.463 e. The molecule has 10 heteroatoms. The minimum absolute atomic E-state index is 0.137. The van der Waals surface area contributed by atoms with Crippen LogP contribution >= 0.6 is 22.6 Å². The highest BCUT2D eigenvalue weighted by Gasteiger charge is 2.34. The van der Waals surface area contributed by atoms with Crippen molar-refractivity contribution in [3.05, 3.63) is 79.0 Å². The second kappa shape index (κ2) is 9.57. The van der Waals surface area contributed by atoms with E-state index < -0.39 is 23.0 Å². The molecule has 1 aliphatic heterocycles. The van der Waals surface area contributed by atoms with Gasteiger partial charge >= 0.3 is 12.0 Å². The highest BCUT2D eigenvalue weighted by molar-refractivity contribution is 14.1. The Labute approximate surface area is 186 Å². The molecule has 2 amide bonds. The molecule has 0 fully saturated rings. The molecule has 3 rings (SSSR count). The van der Waals surface area contributed by atoms with Crippen LogP contribution in [-0.4, -0.2) is 30.1 Å². The lowest BCUT2D eigenvalue weighted by atomic mass is 9.94. The number of rotatable bonds is 7. The number of anilines is 1. The number of non-ortho nitro benzene ring substituents is 1. The number of halogens is 1. The topological polar surface area (TPSA) is 123 Å². The molecule has 1 heterocycles. The zero-order chi connectivity index (χ0) is 21.7. The van der Waals surface area contributed by atoms with Crippen LogP contribution in [0.4, 0.5) is 16.2 Å². The molecular formula is C20H19IN4O5. The van der Waals surface area contributed by atoms with E-state index in [1.807, 2.05) is 24.3 Å². The summed E-state index contributed by atoms with van der Waals surface area (Å²) < 4.78 is 6.27. The number of nitrogens with one attached hydrogen (secondary N) is 3. The van der Waals surface area contributed by atoms with Gasteiger partial charge < -0.3 is 20.7 Å². The number of esters is 1. The van der Waals surface area contributed by atoms with Gasteiger partial charge in [-0.15, -0.1) is 0 Å². The molecule has 3 N–H and O–H groups in total. The normalized spacial score (nSPS) is 15.8. The Kier molecular flexibility index (Phi) is 6.87. The Morgan fingerprint density at radius 2 is 2.00 bits per heavy atom. The molecule has 0 bridgehead atoms. The van der Waals surface area contributed by atoms with Gasteiger partial charge in [0.1, 0.15) is 0 Å². The number of hydrogen-bond donors (Lipinski definition) is 3. The second-order valence-corrected chi connectivity index (χ2v) is 7.60. The molecule has 0 saturated heterocycles. The summed E-state index contributed by atoms with van der Waals surface area (Å²) in [6.45, 7) is 1.99. The summed E-state index contributed by atoms with van der Waals surface area (Å²) in [5, 5.41) is 19.6. The van der Waals surface area contributed by atoms with Gasteiger partial charge in [-0.25, -0.2) is 9.59 Å². The van der Waals surface area contributed by atoms with Crippen LogP contribution in [-0.2, 0) is 9.53 Å². The van der Waals surface area contributed by atoms with Crippen molar-refractivity contribution in [2.24, 2.45) is 0 Å². The van der Waals surface area contributed by atoms with E-state index in [0.717, 1.165) is 9.26 Å². The molecule has 30 heavy (non-hydrogen) atoms. The fraction of sp³-hybridized carbons (Fsp3) is 0.200. The predicted molar refractivity (Wildman–Crippen MR) is 119 cm³/mol. The Balaban J connectivity index is 1.99. The fourth-order valence-electron chi connectivity index (χ4n) is 3.03. The van der Waals surface area contributed by atoms with Gasteiger partial charge in [-0.2, -0.15) is 0 Å². The maximum absolute atomic E-state index is 12.7. The Hall–Kier alpha value is -3.15. The number of nitro groups is 1. The van der Waals surface area contributed by atoms with Gasteiger partial charge in [0.25, 0.3) is 5.69 Å². The zero-order valence-electron chi connectivity index (χ0n) is 16.0. The number of ether oxygens (including phenoxy) is 1. The third-order valence-corrected chi connectivity index (χ3v) is 5.10. The van der Waals surface area contributed by atoms with Crippen LogP contribution in [0.15, 0.2) is 59.8 Å². The van der Waals surface area contributed by atoms with Crippen molar-refractivity contribution in [2.45, 2.75) is 13.0 Å². The average molecular weight is 522 g/mol. The minimum atomic E-state index is -0.883. The fourth-order valence-corrected chi connectivity index (χ4v) is 3.39. The zero-order valence-corrected chi connectivity index (χ0v) is 18.1. The maximum Gasteiger partial charge on any atom is 0.338 e. The second-order valence-electron chi connectivity index (χ2n) is 6.36. The van der Waals surface area contributed by atoms with Crippen molar-refractivity contribution in [1.82, 2.24) is 10.6 Å². The van der Waals surface area contributed by atoms with E-state index in [1.54, 1.807) is 13.0 Å². The SMILES string of the molecule is CCOC(=O)C1=C(CNc2ccc(I)cc2)NC(=O)N[C@H]1c1cccc([N+](=O)[O-])c1. The number of carbonyl (C=O) groups excluding carboxylic acids is 2. The van der Waals surface area contributed by atoms with Gasteiger partial charge in [0.15, 0.2) is 0 Å². The quantitative estimate of drug-likeness (QED) is 0.222. The highest BCUT2D eigenvalue weighted by Crippen LogP contribution is 2.30. The smallest absolute Gasteiger partial charge is 0.338 e. The lowest BCUT2D eigenvalue weighted by molar-refractivity contribution is -0.384. The van der Waals surface area contributed by atoms with Gasteiger partial charge in [0, 0.05) is 21.4 Å².